The molecule has 0 radical (unpaired) electrons. The van der Waals surface area contributed by atoms with Gasteiger partial charge in [0, 0.05) is 14.1 Å². The Labute approximate surface area is 65.5 Å². The molecule has 11 heavy (non-hydrogen) atoms. The second kappa shape index (κ2) is 4.54. The third-order valence-electron chi connectivity index (χ3n) is 1.21. The SMILES string of the molecule is CNC(=O)N[C@@H](C)C(=O)NC. The van der Waals surface area contributed by atoms with E-state index in [4.69, 9.17) is 0 Å². The van der Waals surface area contributed by atoms with Crippen LogP contribution in [0.1, 0.15) is 6.92 Å². The van der Waals surface area contributed by atoms with Gasteiger partial charge >= 0.3 is 6.03 Å². The number of amides is 3. The number of hydrogen-bond acceptors (Lipinski definition) is 2. The van der Waals surface area contributed by atoms with E-state index in [-0.39, 0.29) is 11.9 Å². The minimum Gasteiger partial charge on any atom is -0.357 e. The summed E-state index contributed by atoms with van der Waals surface area (Å²) in [4.78, 5) is 21.4. The number of carbonyl (C=O) groups excluding carboxylic acids is 2. The van der Waals surface area contributed by atoms with Crippen molar-refractivity contribution in [3.63, 3.8) is 0 Å². The zero-order valence-corrected chi connectivity index (χ0v) is 6.89. The van der Waals surface area contributed by atoms with E-state index < -0.39 is 6.04 Å². The standard InChI is InChI=1S/C6H13N3O2/c1-4(5(10)7-2)9-6(11)8-3/h4H,1-3H3,(H,7,10)(H2,8,9,11)/t4-/m0/s1. The van der Waals surface area contributed by atoms with Crippen LogP contribution in [-0.2, 0) is 4.79 Å². The van der Waals surface area contributed by atoms with E-state index in [1.165, 1.54) is 14.1 Å². The molecule has 1 atom stereocenters. The van der Waals surface area contributed by atoms with Crippen molar-refractivity contribution in [2.24, 2.45) is 0 Å². The fourth-order valence-corrected chi connectivity index (χ4v) is 0.551. The third-order valence-corrected chi connectivity index (χ3v) is 1.21. The normalized spacial score (nSPS) is 11.5. The highest BCUT2D eigenvalue weighted by Crippen LogP contribution is 1.79. The van der Waals surface area contributed by atoms with Crippen LogP contribution < -0.4 is 16.0 Å². The molecule has 3 N–H and O–H groups in total. The minimum absolute atomic E-state index is 0.214. The number of nitrogens with one attached hydrogen (secondary N) is 3. The van der Waals surface area contributed by atoms with E-state index >= 15 is 0 Å². The molecule has 3 amide bonds. The van der Waals surface area contributed by atoms with Crippen molar-refractivity contribution in [1.82, 2.24) is 16.0 Å². The Kier molecular flexibility index (Phi) is 4.02. The van der Waals surface area contributed by atoms with Gasteiger partial charge in [0.25, 0.3) is 0 Å². The van der Waals surface area contributed by atoms with Crippen LogP contribution in [0, 0.1) is 0 Å². The molecule has 5 heteroatoms. The molecule has 0 rings (SSSR count). The molecule has 0 saturated carbocycles. The lowest BCUT2D eigenvalue weighted by molar-refractivity contribution is -0.122. The maximum absolute atomic E-state index is 10.8. The molecule has 0 fully saturated rings. The Balaban J connectivity index is 3.77. The molecule has 0 saturated heterocycles. The van der Waals surface area contributed by atoms with E-state index in [2.05, 4.69) is 16.0 Å². The van der Waals surface area contributed by atoms with Crippen LogP contribution in [0.25, 0.3) is 0 Å². The van der Waals surface area contributed by atoms with Crippen molar-refractivity contribution in [1.29, 1.82) is 0 Å². The zero-order chi connectivity index (χ0) is 8.85. The maximum Gasteiger partial charge on any atom is 0.315 e. The van der Waals surface area contributed by atoms with Gasteiger partial charge in [-0.05, 0) is 6.92 Å². The van der Waals surface area contributed by atoms with Gasteiger partial charge < -0.3 is 16.0 Å². The largest absolute Gasteiger partial charge is 0.357 e. The first-order chi connectivity index (χ1) is 5.11. The van der Waals surface area contributed by atoms with Gasteiger partial charge in [-0.3, -0.25) is 4.79 Å². The molecule has 0 heterocycles. The monoisotopic (exact) mass is 159 g/mol. The van der Waals surface area contributed by atoms with Crippen LogP contribution in [0.4, 0.5) is 4.79 Å². The lowest BCUT2D eigenvalue weighted by atomic mass is 10.3. The van der Waals surface area contributed by atoms with Crippen molar-refractivity contribution in [3.8, 4) is 0 Å². The second-order valence-corrected chi connectivity index (χ2v) is 2.06. The molecule has 0 spiro atoms. The highest BCUT2D eigenvalue weighted by molar-refractivity contribution is 5.86. The first kappa shape index (κ1) is 9.74. The van der Waals surface area contributed by atoms with Crippen LogP contribution in [0.3, 0.4) is 0 Å². The van der Waals surface area contributed by atoms with Crippen LogP contribution in [0.2, 0.25) is 0 Å². The number of likely N-dealkylation sites (N-methyl/N-ethyl adjacent to an activating group) is 1. The summed E-state index contributed by atoms with van der Waals surface area (Å²) in [6.07, 6.45) is 0. The Morgan fingerprint density at radius 3 is 2.09 bits per heavy atom. The topological polar surface area (TPSA) is 70.2 Å². The lowest BCUT2D eigenvalue weighted by Gasteiger charge is -2.10. The Morgan fingerprint density at radius 1 is 1.18 bits per heavy atom. The van der Waals surface area contributed by atoms with Crippen LogP contribution in [0.15, 0.2) is 0 Å². The summed E-state index contributed by atoms with van der Waals surface area (Å²) in [6.45, 7) is 1.61. The van der Waals surface area contributed by atoms with Crippen LogP contribution >= 0.6 is 0 Å². The van der Waals surface area contributed by atoms with Gasteiger partial charge in [0.15, 0.2) is 0 Å². The molecule has 64 valence electrons. The smallest absolute Gasteiger partial charge is 0.315 e. The summed E-state index contributed by atoms with van der Waals surface area (Å²) in [5.74, 6) is -0.214. The summed E-state index contributed by atoms with van der Waals surface area (Å²) in [5, 5.41) is 7.18. The molecule has 0 bridgehead atoms. The van der Waals surface area contributed by atoms with Crippen molar-refractivity contribution >= 4 is 11.9 Å². The number of rotatable bonds is 2. The van der Waals surface area contributed by atoms with Crippen molar-refractivity contribution in [2.75, 3.05) is 14.1 Å². The van der Waals surface area contributed by atoms with Gasteiger partial charge in [0.2, 0.25) is 5.91 Å². The summed E-state index contributed by atoms with van der Waals surface area (Å²) in [7, 11) is 3.01. The van der Waals surface area contributed by atoms with Gasteiger partial charge in [-0.25, -0.2) is 4.79 Å². The first-order valence-electron chi connectivity index (χ1n) is 3.31. The second-order valence-electron chi connectivity index (χ2n) is 2.06. The fourth-order valence-electron chi connectivity index (χ4n) is 0.551. The average molecular weight is 159 g/mol. The summed E-state index contributed by atoms with van der Waals surface area (Å²) in [6, 6.07) is -0.860. The molecule has 0 unspecified atom stereocenters. The predicted octanol–water partition coefficient (Wildman–Crippen LogP) is -0.950. The Hall–Kier alpha value is -1.26. The molecule has 0 aromatic heterocycles. The number of urea groups is 1. The van der Waals surface area contributed by atoms with Crippen molar-refractivity contribution in [2.45, 2.75) is 13.0 Å². The summed E-state index contributed by atoms with van der Waals surface area (Å²) in [5.41, 5.74) is 0. The predicted molar refractivity (Wildman–Crippen MR) is 41.1 cm³/mol. The molecule has 0 aliphatic heterocycles. The highest BCUT2D eigenvalue weighted by atomic mass is 16.2. The molecular weight excluding hydrogens is 146 g/mol. The van der Waals surface area contributed by atoms with Crippen molar-refractivity contribution < 1.29 is 9.59 Å². The van der Waals surface area contributed by atoms with E-state index in [0.717, 1.165) is 0 Å². The molecule has 0 aromatic rings. The molecule has 5 nitrogen and oxygen atoms in total. The summed E-state index contributed by atoms with van der Waals surface area (Å²) < 4.78 is 0. The quantitative estimate of drug-likeness (QED) is 0.486. The first-order valence-corrected chi connectivity index (χ1v) is 3.31. The average Bonchev–Trinajstić information content (AvgIpc) is 2.02. The maximum atomic E-state index is 10.8. The number of carbonyl (C=O) groups is 2. The lowest BCUT2D eigenvalue weighted by Crippen LogP contribution is -2.46. The Bertz CT molecular complexity index is 158. The van der Waals surface area contributed by atoms with Gasteiger partial charge in [0.05, 0.1) is 0 Å². The fraction of sp³-hybridized carbons (Fsp3) is 0.667. The number of hydrogen-bond donors (Lipinski definition) is 3. The van der Waals surface area contributed by atoms with E-state index in [0.29, 0.717) is 0 Å². The van der Waals surface area contributed by atoms with Gasteiger partial charge in [0.1, 0.15) is 6.04 Å². The zero-order valence-electron chi connectivity index (χ0n) is 6.89. The summed E-state index contributed by atoms with van der Waals surface area (Å²) >= 11 is 0. The van der Waals surface area contributed by atoms with E-state index in [9.17, 15) is 9.59 Å². The molecular formula is C6H13N3O2. The molecule has 0 aliphatic carbocycles. The van der Waals surface area contributed by atoms with Gasteiger partial charge in [-0.15, -0.1) is 0 Å². The van der Waals surface area contributed by atoms with Gasteiger partial charge in [-0.2, -0.15) is 0 Å². The Morgan fingerprint density at radius 2 is 1.73 bits per heavy atom. The molecule has 0 aliphatic rings. The highest BCUT2D eigenvalue weighted by Gasteiger charge is 2.11. The van der Waals surface area contributed by atoms with E-state index in [1.54, 1.807) is 6.92 Å². The van der Waals surface area contributed by atoms with E-state index in [1.807, 2.05) is 0 Å². The van der Waals surface area contributed by atoms with Crippen molar-refractivity contribution in [3.05, 3.63) is 0 Å². The minimum atomic E-state index is -0.500. The van der Waals surface area contributed by atoms with Crippen LogP contribution in [0.5, 0.6) is 0 Å². The molecule has 0 aromatic carbocycles. The van der Waals surface area contributed by atoms with Crippen LogP contribution in [-0.4, -0.2) is 32.1 Å². The van der Waals surface area contributed by atoms with Gasteiger partial charge in [-0.1, -0.05) is 0 Å². The third kappa shape index (κ3) is 3.44.